The fourth-order valence-corrected chi connectivity index (χ4v) is 5.14. The van der Waals surface area contributed by atoms with E-state index in [2.05, 4.69) is 0 Å². The number of esters is 1. The minimum atomic E-state index is -3.58. The van der Waals surface area contributed by atoms with Crippen LogP contribution in [0.25, 0.3) is 0 Å². The van der Waals surface area contributed by atoms with Crippen LogP contribution in [0.2, 0.25) is 0 Å². The number of thiophene rings is 1. The zero-order valence-corrected chi connectivity index (χ0v) is 17.4. The van der Waals surface area contributed by atoms with Gasteiger partial charge in [0.05, 0.1) is 4.90 Å². The summed E-state index contributed by atoms with van der Waals surface area (Å²) in [6, 6.07) is 8.52. The van der Waals surface area contributed by atoms with Gasteiger partial charge in [-0.2, -0.15) is 4.31 Å². The highest BCUT2D eigenvalue weighted by Crippen LogP contribution is 2.19. The van der Waals surface area contributed by atoms with Crippen molar-refractivity contribution >= 4 is 33.2 Å². The van der Waals surface area contributed by atoms with Crippen molar-refractivity contribution < 1.29 is 22.7 Å². The molecule has 1 aromatic heterocycles. The smallest absolute Gasteiger partial charge is 0.349 e. The number of rotatable bonds is 5. The molecule has 9 heteroatoms. The molecule has 1 aliphatic rings. The van der Waals surface area contributed by atoms with Gasteiger partial charge in [-0.15, -0.1) is 11.3 Å². The predicted molar refractivity (Wildman–Crippen MR) is 106 cm³/mol. The Kier molecular flexibility index (Phi) is 6.17. The molecule has 0 radical (unpaired) electrons. The van der Waals surface area contributed by atoms with Gasteiger partial charge in [-0.05, 0) is 43.0 Å². The summed E-state index contributed by atoms with van der Waals surface area (Å²) in [6.45, 7) is 4.30. The van der Waals surface area contributed by atoms with Crippen LogP contribution in [0.15, 0.2) is 40.6 Å². The number of sulfonamides is 1. The van der Waals surface area contributed by atoms with E-state index in [1.807, 2.05) is 19.9 Å². The lowest BCUT2D eigenvalue weighted by molar-refractivity contribution is -0.135. The minimum absolute atomic E-state index is 0.208. The number of carbonyl (C=O) groups is 2. The van der Waals surface area contributed by atoms with E-state index in [0.717, 1.165) is 11.1 Å². The Balaban J connectivity index is 1.53. The first-order chi connectivity index (χ1) is 13.3. The summed E-state index contributed by atoms with van der Waals surface area (Å²) in [5.41, 5.74) is 1.80. The van der Waals surface area contributed by atoms with Gasteiger partial charge < -0.3 is 9.64 Å². The lowest BCUT2D eigenvalue weighted by Crippen LogP contribution is -2.51. The zero-order valence-electron chi connectivity index (χ0n) is 15.8. The van der Waals surface area contributed by atoms with E-state index in [4.69, 9.17) is 4.74 Å². The van der Waals surface area contributed by atoms with Crippen molar-refractivity contribution in [3.05, 3.63) is 51.7 Å². The molecule has 0 aliphatic carbocycles. The van der Waals surface area contributed by atoms with Gasteiger partial charge in [-0.25, -0.2) is 13.2 Å². The summed E-state index contributed by atoms with van der Waals surface area (Å²) in [6.07, 6.45) is 0. The fourth-order valence-electron chi connectivity index (χ4n) is 2.90. The van der Waals surface area contributed by atoms with E-state index in [1.165, 1.54) is 20.5 Å². The van der Waals surface area contributed by atoms with Gasteiger partial charge in [-0.3, -0.25) is 4.79 Å². The van der Waals surface area contributed by atoms with Crippen LogP contribution in [0.3, 0.4) is 0 Å². The molecule has 1 amide bonds. The first-order valence-electron chi connectivity index (χ1n) is 8.85. The summed E-state index contributed by atoms with van der Waals surface area (Å²) in [4.78, 5) is 26.6. The van der Waals surface area contributed by atoms with Crippen LogP contribution in [0.1, 0.15) is 20.8 Å². The van der Waals surface area contributed by atoms with Crippen molar-refractivity contribution in [1.29, 1.82) is 0 Å². The van der Waals surface area contributed by atoms with Crippen LogP contribution < -0.4 is 0 Å². The zero-order chi connectivity index (χ0) is 20.3. The summed E-state index contributed by atoms with van der Waals surface area (Å²) in [5.74, 6) is -0.837. The Labute approximate surface area is 168 Å². The number of amides is 1. The second-order valence-corrected chi connectivity index (χ2v) is 9.46. The third kappa shape index (κ3) is 4.43. The molecule has 150 valence electrons. The van der Waals surface area contributed by atoms with Crippen molar-refractivity contribution in [1.82, 2.24) is 9.21 Å². The average molecular weight is 423 g/mol. The molecule has 1 saturated heterocycles. The lowest BCUT2D eigenvalue weighted by Gasteiger charge is -2.33. The molecule has 1 fully saturated rings. The number of hydrogen-bond acceptors (Lipinski definition) is 6. The molecule has 0 spiro atoms. The van der Waals surface area contributed by atoms with E-state index in [9.17, 15) is 18.0 Å². The summed E-state index contributed by atoms with van der Waals surface area (Å²) >= 11 is 1.27. The van der Waals surface area contributed by atoms with Gasteiger partial charge in [0.1, 0.15) is 4.88 Å². The molecule has 0 atom stereocenters. The Bertz CT molecular complexity index is 958. The lowest BCUT2D eigenvalue weighted by atomic mass is 10.2. The molecule has 7 nitrogen and oxygen atoms in total. The first-order valence-corrected chi connectivity index (χ1v) is 11.2. The van der Waals surface area contributed by atoms with Crippen LogP contribution in [0, 0.1) is 13.8 Å². The van der Waals surface area contributed by atoms with E-state index in [-0.39, 0.29) is 43.6 Å². The highest BCUT2D eigenvalue weighted by molar-refractivity contribution is 7.89. The summed E-state index contributed by atoms with van der Waals surface area (Å²) in [7, 11) is -3.58. The number of nitrogens with zero attached hydrogens (tertiary/aromatic N) is 2. The Morgan fingerprint density at radius 1 is 1.04 bits per heavy atom. The van der Waals surface area contributed by atoms with Crippen LogP contribution in [0.4, 0.5) is 0 Å². The Hall–Kier alpha value is -2.23. The topological polar surface area (TPSA) is 84.0 Å². The van der Waals surface area contributed by atoms with Gasteiger partial charge in [0.25, 0.3) is 5.91 Å². The minimum Gasteiger partial charge on any atom is -0.451 e. The van der Waals surface area contributed by atoms with Crippen LogP contribution in [-0.4, -0.2) is 62.3 Å². The SMILES string of the molecule is Cc1ccc(S(=O)(=O)N2CCN(C(=O)COC(=O)c3sccc3C)CC2)cc1. The highest BCUT2D eigenvalue weighted by Gasteiger charge is 2.30. The normalized spacial score (nSPS) is 15.4. The fraction of sp³-hybridized carbons (Fsp3) is 0.368. The number of piperazine rings is 1. The molecule has 1 aliphatic heterocycles. The second-order valence-electron chi connectivity index (χ2n) is 6.61. The first kappa shape index (κ1) is 20.5. The predicted octanol–water partition coefficient (Wildman–Crippen LogP) is 2.05. The molecular weight excluding hydrogens is 400 g/mol. The molecular formula is C19H22N2O5S2. The van der Waals surface area contributed by atoms with Gasteiger partial charge in [0.2, 0.25) is 10.0 Å². The molecule has 2 heterocycles. The summed E-state index contributed by atoms with van der Waals surface area (Å²) < 4.78 is 31.9. The highest BCUT2D eigenvalue weighted by atomic mass is 32.2. The molecule has 0 N–H and O–H groups in total. The van der Waals surface area contributed by atoms with Gasteiger partial charge >= 0.3 is 5.97 Å². The molecule has 0 bridgehead atoms. The molecule has 2 aromatic rings. The van der Waals surface area contributed by atoms with Crippen LogP contribution >= 0.6 is 11.3 Å². The number of aryl methyl sites for hydroxylation is 2. The average Bonchev–Trinajstić information content (AvgIpc) is 3.12. The van der Waals surface area contributed by atoms with Crippen LogP contribution in [0.5, 0.6) is 0 Å². The maximum absolute atomic E-state index is 12.7. The van der Waals surface area contributed by atoms with E-state index < -0.39 is 16.0 Å². The van der Waals surface area contributed by atoms with E-state index >= 15 is 0 Å². The van der Waals surface area contributed by atoms with Crippen molar-refractivity contribution in [2.75, 3.05) is 32.8 Å². The van der Waals surface area contributed by atoms with Crippen LogP contribution in [-0.2, 0) is 19.6 Å². The number of hydrogen-bond donors (Lipinski definition) is 0. The van der Waals surface area contributed by atoms with Gasteiger partial charge in [-0.1, -0.05) is 17.7 Å². The van der Waals surface area contributed by atoms with Crippen molar-refractivity contribution in [2.45, 2.75) is 18.7 Å². The standard InChI is InChI=1S/C19H22N2O5S2/c1-14-3-5-16(6-4-14)28(24,25)21-10-8-20(9-11-21)17(22)13-26-19(23)18-15(2)7-12-27-18/h3-7,12H,8-11,13H2,1-2H3. The van der Waals surface area contributed by atoms with Gasteiger partial charge in [0.15, 0.2) is 6.61 Å². The Morgan fingerprint density at radius 2 is 1.68 bits per heavy atom. The monoisotopic (exact) mass is 422 g/mol. The molecule has 1 aromatic carbocycles. The molecule has 28 heavy (non-hydrogen) atoms. The number of benzene rings is 1. The second kappa shape index (κ2) is 8.42. The number of ether oxygens (including phenoxy) is 1. The molecule has 0 unspecified atom stereocenters. The van der Waals surface area contributed by atoms with Crippen molar-refractivity contribution in [3.8, 4) is 0 Å². The third-order valence-corrected chi connectivity index (χ3v) is 7.53. The van der Waals surface area contributed by atoms with Crippen molar-refractivity contribution in [3.63, 3.8) is 0 Å². The third-order valence-electron chi connectivity index (χ3n) is 4.62. The summed E-state index contributed by atoms with van der Waals surface area (Å²) in [5, 5.41) is 1.79. The number of carbonyl (C=O) groups excluding carboxylic acids is 2. The van der Waals surface area contributed by atoms with E-state index in [0.29, 0.717) is 4.88 Å². The largest absolute Gasteiger partial charge is 0.451 e. The Morgan fingerprint density at radius 3 is 2.25 bits per heavy atom. The van der Waals surface area contributed by atoms with Crippen molar-refractivity contribution in [2.24, 2.45) is 0 Å². The molecule has 0 saturated carbocycles. The maximum atomic E-state index is 12.7. The molecule has 3 rings (SSSR count). The van der Waals surface area contributed by atoms with Gasteiger partial charge in [0, 0.05) is 26.2 Å². The van der Waals surface area contributed by atoms with E-state index in [1.54, 1.807) is 29.6 Å². The quantitative estimate of drug-likeness (QED) is 0.689. The maximum Gasteiger partial charge on any atom is 0.349 e.